The summed E-state index contributed by atoms with van der Waals surface area (Å²) in [5.41, 5.74) is 0.875. The van der Waals surface area contributed by atoms with Crippen molar-refractivity contribution >= 4 is 10.0 Å². The highest BCUT2D eigenvalue weighted by atomic mass is 32.2. The van der Waals surface area contributed by atoms with Crippen LogP contribution in [0.5, 0.6) is 0 Å². The smallest absolute Gasteiger partial charge is 0.250 e. The highest BCUT2D eigenvalue weighted by Gasteiger charge is 2.35. The fourth-order valence-corrected chi connectivity index (χ4v) is 5.41. The Morgan fingerprint density at radius 2 is 1.96 bits per heavy atom. The van der Waals surface area contributed by atoms with Crippen molar-refractivity contribution < 1.29 is 13.2 Å². The van der Waals surface area contributed by atoms with Crippen LogP contribution in [0.2, 0.25) is 0 Å². The molecule has 0 saturated heterocycles. The number of ether oxygens (including phenoxy) is 1. The molecular weight excluding hydrogens is 352 g/mol. The number of hydrogen-bond donors (Lipinski definition) is 1. The zero-order valence-corrected chi connectivity index (χ0v) is 16.3. The van der Waals surface area contributed by atoms with Gasteiger partial charge in [0.15, 0.2) is 0 Å². The largest absolute Gasteiger partial charge is 0.377 e. The van der Waals surface area contributed by atoms with Gasteiger partial charge in [-0.15, -0.1) is 0 Å². The van der Waals surface area contributed by atoms with Gasteiger partial charge >= 0.3 is 0 Å². The lowest BCUT2D eigenvalue weighted by Crippen LogP contribution is -2.45. The van der Waals surface area contributed by atoms with Crippen molar-refractivity contribution in [2.45, 2.75) is 69.8 Å². The first-order valence-corrected chi connectivity index (χ1v) is 11.3. The Hall–Kier alpha value is -1.18. The predicted molar refractivity (Wildman–Crippen MR) is 101 cm³/mol. The number of hydrogen-bond acceptors (Lipinski definition) is 4. The van der Waals surface area contributed by atoms with Gasteiger partial charge in [-0.1, -0.05) is 19.4 Å². The van der Waals surface area contributed by atoms with Crippen molar-refractivity contribution in [2.75, 3.05) is 6.61 Å². The molecule has 3 rings (SSSR count). The molecule has 0 amide bonds. The number of nitrogens with two attached hydrogens (primary N) is 1. The van der Waals surface area contributed by atoms with E-state index >= 15 is 0 Å². The summed E-state index contributed by atoms with van der Waals surface area (Å²) in [6.07, 6.45) is 6.99. The molecule has 0 spiro atoms. The summed E-state index contributed by atoms with van der Waals surface area (Å²) >= 11 is 0. The zero-order valence-electron chi connectivity index (χ0n) is 15.5. The van der Waals surface area contributed by atoms with E-state index in [4.69, 9.17) is 9.88 Å². The van der Waals surface area contributed by atoms with Crippen molar-refractivity contribution in [1.82, 2.24) is 4.57 Å². The van der Waals surface area contributed by atoms with Crippen LogP contribution in [-0.4, -0.2) is 30.9 Å². The van der Waals surface area contributed by atoms with E-state index in [0.29, 0.717) is 19.4 Å². The summed E-state index contributed by atoms with van der Waals surface area (Å²) in [7, 11) is -3.74. The maximum Gasteiger partial charge on any atom is 0.250 e. The van der Waals surface area contributed by atoms with Gasteiger partial charge in [0.25, 0.3) is 5.56 Å². The van der Waals surface area contributed by atoms with Gasteiger partial charge in [0.05, 0.1) is 12.7 Å². The number of nitrogens with zero attached hydrogens (tertiary/aromatic N) is 1. The maximum atomic E-state index is 12.2. The fourth-order valence-electron chi connectivity index (χ4n) is 4.39. The standard InChI is InChI=1S/C19H30N2O4S/c1-2-14-6-10-17(11-7-14)25-13-18(26(20,23)24)15-8-9-16-4-3-5-19(22)21(16)12-15/h3-5,14-15,17-18H,2,6-13H2,1H3,(H2,20,23,24). The third kappa shape index (κ3) is 4.56. The summed E-state index contributed by atoms with van der Waals surface area (Å²) in [4.78, 5) is 12.1. The minimum atomic E-state index is -3.74. The van der Waals surface area contributed by atoms with Gasteiger partial charge in [0, 0.05) is 18.3 Å². The van der Waals surface area contributed by atoms with Gasteiger partial charge in [0.1, 0.15) is 5.25 Å². The van der Waals surface area contributed by atoms with Crippen molar-refractivity contribution in [3.8, 4) is 0 Å². The molecule has 146 valence electrons. The Morgan fingerprint density at radius 3 is 2.62 bits per heavy atom. The van der Waals surface area contributed by atoms with E-state index in [9.17, 15) is 13.2 Å². The lowest BCUT2D eigenvalue weighted by atomic mass is 9.86. The minimum absolute atomic E-state index is 0.0841. The molecule has 2 unspecified atom stereocenters. The number of aryl methyl sites for hydroxylation is 1. The van der Waals surface area contributed by atoms with E-state index in [2.05, 4.69) is 6.92 Å². The normalized spacial score (nSPS) is 27.7. The Labute approximate surface area is 155 Å². The number of rotatable bonds is 6. The Morgan fingerprint density at radius 1 is 1.23 bits per heavy atom. The molecule has 1 aliphatic heterocycles. The molecule has 0 radical (unpaired) electrons. The molecular formula is C19H30N2O4S. The zero-order chi connectivity index (χ0) is 18.7. The molecule has 2 N–H and O–H groups in total. The monoisotopic (exact) mass is 382 g/mol. The van der Waals surface area contributed by atoms with Crippen molar-refractivity contribution in [1.29, 1.82) is 0 Å². The van der Waals surface area contributed by atoms with Gasteiger partial charge < -0.3 is 9.30 Å². The summed E-state index contributed by atoms with van der Waals surface area (Å²) in [6.45, 7) is 2.73. The van der Waals surface area contributed by atoms with E-state index in [0.717, 1.165) is 37.3 Å². The summed E-state index contributed by atoms with van der Waals surface area (Å²) < 4.78 is 32.1. The van der Waals surface area contributed by atoms with Crippen LogP contribution < -0.4 is 10.7 Å². The number of pyridine rings is 1. The quantitative estimate of drug-likeness (QED) is 0.815. The molecule has 2 aliphatic rings. The molecule has 26 heavy (non-hydrogen) atoms. The fraction of sp³-hybridized carbons (Fsp3) is 0.737. The molecule has 1 aromatic rings. The van der Waals surface area contributed by atoms with Gasteiger partial charge in [-0.3, -0.25) is 4.79 Å². The van der Waals surface area contributed by atoms with Crippen LogP contribution in [0.25, 0.3) is 0 Å². The SMILES string of the molecule is CCC1CCC(OCC(C2CCc3cccc(=O)n3C2)S(N)(=O)=O)CC1. The van der Waals surface area contributed by atoms with Gasteiger partial charge in [-0.2, -0.15) is 0 Å². The number of fused-ring (bicyclic) bond motifs is 1. The minimum Gasteiger partial charge on any atom is -0.377 e. The Kier molecular flexibility index (Phi) is 6.20. The first kappa shape index (κ1) is 19.6. The third-order valence-electron chi connectivity index (χ3n) is 6.14. The average molecular weight is 383 g/mol. The lowest BCUT2D eigenvalue weighted by Gasteiger charge is -2.33. The first-order chi connectivity index (χ1) is 12.4. The second kappa shape index (κ2) is 8.23. The molecule has 6 nitrogen and oxygen atoms in total. The molecule has 2 heterocycles. The lowest BCUT2D eigenvalue weighted by molar-refractivity contribution is 0.0109. The molecule has 7 heteroatoms. The van der Waals surface area contributed by atoms with E-state index in [1.165, 1.54) is 12.5 Å². The molecule has 2 atom stereocenters. The van der Waals surface area contributed by atoms with Gasteiger partial charge in [0.2, 0.25) is 10.0 Å². The summed E-state index contributed by atoms with van der Waals surface area (Å²) in [5, 5.41) is 4.77. The average Bonchev–Trinajstić information content (AvgIpc) is 2.62. The van der Waals surface area contributed by atoms with Crippen molar-refractivity contribution in [2.24, 2.45) is 17.0 Å². The number of sulfonamides is 1. The predicted octanol–water partition coefficient (Wildman–Crippen LogP) is 2.05. The van der Waals surface area contributed by atoms with Crippen LogP contribution in [0.3, 0.4) is 0 Å². The Bertz CT molecular complexity index is 766. The van der Waals surface area contributed by atoms with Crippen LogP contribution in [0.4, 0.5) is 0 Å². The number of aromatic nitrogens is 1. The maximum absolute atomic E-state index is 12.2. The first-order valence-electron chi connectivity index (χ1n) is 9.70. The summed E-state index contributed by atoms with van der Waals surface area (Å²) in [6, 6.07) is 5.19. The second-order valence-electron chi connectivity index (χ2n) is 7.78. The van der Waals surface area contributed by atoms with Gasteiger partial charge in [-0.05, 0) is 56.4 Å². The van der Waals surface area contributed by atoms with Gasteiger partial charge in [-0.25, -0.2) is 13.6 Å². The summed E-state index contributed by atoms with van der Waals surface area (Å²) in [5.74, 6) is 0.579. The van der Waals surface area contributed by atoms with Crippen molar-refractivity contribution in [3.63, 3.8) is 0 Å². The van der Waals surface area contributed by atoms with Crippen LogP contribution in [0, 0.1) is 11.8 Å². The van der Waals surface area contributed by atoms with E-state index in [1.807, 2.05) is 6.07 Å². The molecule has 0 aromatic carbocycles. The van der Waals surface area contributed by atoms with Crippen LogP contribution in [0.15, 0.2) is 23.0 Å². The second-order valence-corrected chi connectivity index (χ2v) is 9.56. The Balaban J connectivity index is 1.66. The van der Waals surface area contributed by atoms with E-state index in [-0.39, 0.29) is 24.2 Å². The third-order valence-corrected chi connectivity index (χ3v) is 7.51. The van der Waals surface area contributed by atoms with E-state index < -0.39 is 15.3 Å². The number of primary sulfonamides is 1. The highest BCUT2D eigenvalue weighted by Crippen LogP contribution is 2.30. The van der Waals surface area contributed by atoms with Crippen LogP contribution >= 0.6 is 0 Å². The van der Waals surface area contributed by atoms with Crippen LogP contribution in [0.1, 0.15) is 51.1 Å². The van der Waals surface area contributed by atoms with Crippen molar-refractivity contribution in [3.05, 3.63) is 34.2 Å². The molecule has 0 bridgehead atoms. The van der Waals surface area contributed by atoms with Crippen LogP contribution in [-0.2, 0) is 27.7 Å². The highest BCUT2D eigenvalue weighted by molar-refractivity contribution is 7.89. The topological polar surface area (TPSA) is 91.4 Å². The molecule has 1 aliphatic carbocycles. The van der Waals surface area contributed by atoms with E-state index in [1.54, 1.807) is 10.6 Å². The molecule has 1 aromatic heterocycles. The molecule has 1 saturated carbocycles. The molecule has 1 fully saturated rings.